The number of para-hydroxylation sites is 6. The molecule has 0 atom stereocenters. The third kappa shape index (κ3) is 7.12. The van der Waals surface area contributed by atoms with Gasteiger partial charge in [-0.3, -0.25) is 0 Å². The monoisotopic (exact) mass is 1060 g/mol. The van der Waals surface area contributed by atoms with E-state index in [1.807, 2.05) is 0 Å². The molecule has 0 saturated heterocycles. The van der Waals surface area contributed by atoms with Gasteiger partial charge in [0.05, 0.1) is 38.8 Å². The largest absolute Gasteiger partial charge is 0.310 e. The minimum absolute atomic E-state index is 0.293. The zero-order valence-electron chi connectivity index (χ0n) is 46.0. The number of aromatic nitrogens is 3. The zero-order valence-corrected chi connectivity index (χ0v) is 46.0. The van der Waals surface area contributed by atoms with E-state index in [-0.39, 0.29) is 5.41 Å². The summed E-state index contributed by atoms with van der Waals surface area (Å²) in [7, 11) is 0. The highest BCUT2D eigenvalue weighted by atomic mass is 15.1. The van der Waals surface area contributed by atoms with Crippen molar-refractivity contribution in [2.45, 2.75) is 19.3 Å². The number of anilines is 3. The summed E-state index contributed by atoms with van der Waals surface area (Å²) in [5.74, 6) is 0. The van der Waals surface area contributed by atoms with Gasteiger partial charge in [-0.1, -0.05) is 196 Å². The van der Waals surface area contributed by atoms with E-state index in [1.165, 1.54) is 121 Å². The average molecular weight is 1060 g/mol. The molecule has 13 aromatic carbocycles. The Kier molecular flexibility index (Phi) is 10.3. The van der Waals surface area contributed by atoms with Crippen molar-refractivity contribution in [2.24, 2.45) is 0 Å². The highest BCUT2D eigenvalue weighted by Crippen LogP contribution is 2.53. The molecular weight excluding hydrogens is 1000 g/mol. The second-order valence-corrected chi connectivity index (χ2v) is 22.9. The van der Waals surface area contributed by atoms with Crippen LogP contribution in [-0.4, -0.2) is 13.7 Å². The molecule has 0 saturated carbocycles. The van der Waals surface area contributed by atoms with Crippen molar-refractivity contribution in [3.05, 3.63) is 302 Å². The van der Waals surface area contributed by atoms with Crippen LogP contribution >= 0.6 is 0 Å². The van der Waals surface area contributed by atoms with Crippen LogP contribution in [0.3, 0.4) is 0 Å². The summed E-state index contributed by atoms with van der Waals surface area (Å²) in [6, 6.07) is 108. The predicted octanol–water partition coefficient (Wildman–Crippen LogP) is 21.2. The van der Waals surface area contributed by atoms with Crippen LogP contribution in [0.25, 0.3) is 127 Å². The highest BCUT2D eigenvalue weighted by Gasteiger charge is 2.37. The summed E-state index contributed by atoms with van der Waals surface area (Å²) in [4.78, 5) is 2.49. The van der Waals surface area contributed by atoms with Gasteiger partial charge in [-0.15, -0.1) is 0 Å². The molecule has 83 heavy (non-hydrogen) atoms. The maximum atomic E-state index is 2.49. The standard InChI is InChI=1S/C79H54N4/c1-79(2)70-47-51(52-34-42-68-66-27-13-17-31-74(66)82(77(68)48-52)54-19-5-3-6-20-54)33-41-61(70)62-44-40-58(50-71(62)79)80(56-36-38-57(39-37-56)81-72-29-15-11-25-64(72)65-26-12-16-30-73(65)81)76-46-45-59(60-23-9-10-24-63(60)76)53-35-43-69-67-28-14-18-32-75(67)83(78(69)49-53)55-21-7-4-8-22-55/h3-50H,1-2H3. The molecule has 390 valence electrons. The lowest BCUT2D eigenvalue weighted by atomic mass is 9.81. The molecule has 0 fully saturated rings. The van der Waals surface area contributed by atoms with E-state index < -0.39 is 0 Å². The van der Waals surface area contributed by atoms with E-state index in [1.54, 1.807) is 0 Å². The van der Waals surface area contributed by atoms with E-state index in [4.69, 9.17) is 0 Å². The van der Waals surface area contributed by atoms with Gasteiger partial charge in [0.25, 0.3) is 0 Å². The van der Waals surface area contributed by atoms with Gasteiger partial charge in [0.2, 0.25) is 0 Å². The molecule has 4 nitrogen and oxygen atoms in total. The smallest absolute Gasteiger partial charge is 0.0547 e. The van der Waals surface area contributed by atoms with Crippen LogP contribution in [0.15, 0.2) is 291 Å². The second-order valence-electron chi connectivity index (χ2n) is 22.9. The molecule has 4 heteroatoms. The third-order valence-corrected chi connectivity index (χ3v) is 18.0. The van der Waals surface area contributed by atoms with Crippen molar-refractivity contribution in [3.63, 3.8) is 0 Å². The Morgan fingerprint density at radius 3 is 1.18 bits per heavy atom. The zero-order chi connectivity index (χ0) is 54.9. The lowest BCUT2D eigenvalue weighted by molar-refractivity contribution is 0.660. The van der Waals surface area contributed by atoms with Gasteiger partial charge in [-0.25, -0.2) is 0 Å². The van der Waals surface area contributed by atoms with Gasteiger partial charge < -0.3 is 18.6 Å². The SMILES string of the molecule is CC1(C)c2cc(-c3ccc4c5ccccc5n(-c5ccccc5)c4c3)ccc2-c2ccc(N(c3ccc(-n4c5ccccc5c5ccccc54)cc3)c3ccc(-c4ccc5c6ccccc6n(-c6ccccc6)c5c4)c4ccccc34)cc21. The quantitative estimate of drug-likeness (QED) is 0.148. The first-order chi connectivity index (χ1) is 40.9. The van der Waals surface area contributed by atoms with Crippen molar-refractivity contribution >= 4 is 93.3 Å². The van der Waals surface area contributed by atoms with Crippen LogP contribution in [0.1, 0.15) is 25.0 Å². The Morgan fingerprint density at radius 1 is 0.253 bits per heavy atom. The minimum atomic E-state index is -0.293. The molecule has 0 bridgehead atoms. The summed E-state index contributed by atoms with van der Waals surface area (Å²) in [5.41, 5.74) is 23.7. The van der Waals surface area contributed by atoms with Crippen molar-refractivity contribution in [1.29, 1.82) is 0 Å². The Hall–Kier alpha value is -10.7. The summed E-state index contributed by atoms with van der Waals surface area (Å²) in [6.45, 7) is 4.82. The molecule has 0 unspecified atom stereocenters. The highest BCUT2D eigenvalue weighted by molar-refractivity contribution is 6.14. The van der Waals surface area contributed by atoms with Gasteiger partial charge in [0.1, 0.15) is 0 Å². The van der Waals surface area contributed by atoms with E-state index in [9.17, 15) is 0 Å². The van der Waals surface area contributed by atoms with Gasteiger partial charge in [-0.05, 0) is 159 Å². The van der Waals surface area contributed by atoms with Crippen LogP contribution in [0.4, 0.5) is 17.1 Å². The fourth-order valence-corrected chi connectivity index (χ4v) is 14.2. The van der Waals surface area contributed by atoms with Crippen LogP contribution < -0.4 is 4.90 Å². The Bertz CT molecular complexity index is 5230. The van der Waals surface area contributed by atoms with E-state index in [2.05, 4.69) is 324 Å². The molecule has 1 aliphatic rings. The number of hydrogen-bond acceptors (Lipinski definition) is 1. The molecule has 0 aliphatic heterocycles. The lowest BCUT2D eigenvalue weighted by Crippen LogP contribution is -2.17. The first-order valence-electron chi connectivity index (χ1n) is 28.8. The first kappa shape index (κ1) is 47.2. The third-order valence-electron chi connectivity index (χ3n) is 18.0. The molecule has 3 heterocycles. The molecule has 0 amide bonds. The van der Waals surface area contributed by atoms with Gasteiger partial charge in [0.15, 0.2) is 0 Å². The van der Waals surface area contributed by atoms with Crippen LogP contribution in [0.5, 0.6) is 0 Å². The minimum Gasteiger partial charge on any atom is -0.310 e. The van der Waals surface area contributed by atoms with Crippen LogP contribution in [-0.2, 0) is 5.41 Å². The fourth-order valence-electron chi connectivity index (χ4n) is 14.2. The molecule has 0 spiro atoms. The molecule has 17 rings (SSSR count). The fraction of sp³-hybridized carbons (Fsp3) is 0.0380. The molecule has 16 aromatic rings. The molecular formula is C79H54N4. The van der Waals surface area contributed by atoms with E-state index >= 15 is 0 Å². The van der Waals surface area contributed by atoms with Crippen LogP contribution in [0.2, 0.25) is 0 Å². The van der Waals surface area contributed by atoms with Gasteiger partial charge in [0, 0.05) is 71.6 Å². The molecule has 0 N–H and O–H groups in total. The van der Waals surface area contributed by atoms with Crippen molar-refractivity contribution in [2.75, 3.05) is 4.90 Å². The maximum absolute atomic E-state index is 2.49. The molecule has 1 aliphatic carbocycles. The van der Waals surface area contributed by atoms with Gasteiger partial charge >= 0.3 is 0 Å². The van der Waals surface area contributed by atoms with Crippen molar-refractivity contribution in [3.8, 4) is 50.4 Å². The maximum Gasteiger partial charge on any atom is 0.0547 e. The number of fused-ring (bicyclic) bond motifs is 13. The second kappa shape index (κ2) is 18.2. The topological polar surface area (TPSA) is 18.0 Å². The number of nitrogens with zero attached hydrogens (tertiary/aromatic N) is 4. The van der Waals surface area contributed by atoms with Crippen molar-refractivity contribution < 1.29 is 0 Å². The van der Waals surface area contributed by atoms with Crippen LogP contribution in [0, 0.1) is 0 Å². The average Bonchev–Trinajstić information content (AvgIpc) is 2.66. The Balaban J connectivity index is 0.812. The van der Waals surface area contributed by atoms with E-state index in [0.717, 1.165) is 34.1 Å². The molecule has 3 aromatic heterocycles. The summed E-state index contributed by atoms with van der Waals surface area (Å²) in [5, 5.41) is 9.89. The number of benzene rings is 13. The normalized spacial score (nSPS) is 12.8. The summed E-state index contributed by atoms with van der Waals surface area (Å²) >= 11 is 0. The predicted molar refractivity (Wildman–Crippen MR) is 350 cm³/mol. The number of rotatable bonds is 8. The van der Waals surface area contributed by atoms with Gasteiger partial charge in [-0.2, -0.15) is 0 Å². The Morgan fingerprint density at radius 2 is 0.627 bits per heavy atom. The van der Waals surface area contributed by atoms with E-state index in [0.29, 0.717) is 0 Å². The summed E-state index contributed by atoms with van der Waals surface area (Å²) in [6.07, 6.45) is 0. The number of hydrogen-bond donors (Lipinski definition) is 0. The van der Waals surface area contributed by atoms with Crippen molar-refractivity contribution in [1.82, 2.24) is 13.7 Å². The Labute approximate surface area is 481 Å². The first-order valence-corrected chi connectivity index (χ1v) is 28.8. The lowest BCUT2D eigenvalue weighted by Gasteiger charge is -2.29. The summed E-state index contributed by atoms with van der Waals surface area (Å²) < 4.78 is 7.23. The molecule has 0 radical (unpaired) electrons.